The predicted molar refractivity (Wildman–Crippen MR) is 125 cm³/mol. The zero-order valence-electron chi connectivity index (χ0n) is 17.9. The first-order valence-corrected chi connectivity index (χ1v) is 12.4. The Bertz CT molecular complexity index is 925. The van der Waals surface area contributed by atoms with E-state index in [4.69, 9.17) is 4.74 Å². The van der Waals surface area contributed by atoms with Crippen molar-refractivity contribution in [2.45, 2.75) is 32.7 Å². The smallest absolute Gasteiger partial charge is 0.153 e. The molecule has 1 fully saturated rings. The summed E-state index contributed by atoms with van der Waals surface area (Å²) in [4.78, 5) is 2.15. The number of allylic oxidation sites excluding steroid dienone is 1. The maximum absolute atomic E-state index is 11.7. The summed E-state index contributed by atoms with van der Waals surface area (Å²) in [6.07, 6.45) is 5.98. The van der Waals surface area contributed by atoms with E-state index in [0.717, 1.165) is 30.0 Å². The lowest BCUT2D eigenvalue weighted by Crippen LogP contribution is -2.40. The summed E-state index contributed by atoms with van der Waals surface area (Å²) in [6, 6.07) is 16.9. The fourth-order valence-electron chi connectivity index (χ4n) is 3.50. The third kappa shape index (κ3) is 6.80. The lowest BCUT2D eigenvalue weighted by atomic mass is 10.1. The van der Waals surface area contributed by atoms with E-state index in [0.29, 0.717) is 25.7 Å². The molecular formula is C24H32N2O3S. The molecule has 1 unspecified atom stereocenters. The molecule has 1 aliphatic heterocycles. The van der Waals surface area contributed by atoms with Crippen LogP contribution < -0.4 is 15.0 Å². The Morgan fingerprint density at radius 2 is 1.87 bits per heavy atom. The number of hydrogen-bond donors (Lipinski definition) is 1. The summed E-state index contributed by atoms with van der Waals surface area (Å²) >= 11 is 0. The zero-order chi connectivity index (χ0) is 21.4. The Morgan fingerprint density at radius 1 is 1.13 bits per heavy atom. The summed E-state index contributed by atoms with van der Waals surface area (Å²) in [5.74, 6) is 1.37. The molecule has 1 aliphatic rings. The monoisotopic (exact) mass is 428 g/mol. The van der Waals surface area contributed by atoms with Crippen molar-refractivity contribution in [3.63, 3.8) is 0 Å². The number of hydrogen-bond acceptors (Lipinski definition) is 5. The van der Waals surface area contributed by atoms with Gasteiger partial charge in [-0.3, -0.25) is 0 Å². The standard InChI is InChI=1S/C24H32N2O3S/c1-3-4-16-29-24-12-10-21(11-13-24)9-8-20(2)25-22-6-5-7-23(19-22)26-14-17-30(27,28)18-15-26/h3-7,10-13,19-20,25H,8-9,14-18H2,1-2H3/b4-3+. The van der Waals surface area contributed by atoms with Crippen molar-refractivity contribution in [3.8, 4) is 5.75 Å². The van der Waals surface area contributed by atoms with Gasteiger partial charge in [-0.1, -0.05) is 30.4 Å². The first-order valence-electron chi connectivity index (χ1n) is 10.6. The van der Waals surface area contributed by atoms with Gasteiger partial charge in [0.25, 0.3) is 0 Å². The summed E-state index contributed by atoms with van der Waals surface area (Å²) < 4.78 is 29.0. The predicted octanol–water partition coefficient (Wildman–Crippen LogP) is 4.31. The quantitative estimate of drug-likeness (QED) is 0.603. The number of rotatable bonds is 9. The van der Waals surface area contributed by atoms with Crippen molar-refractivity contribution in [2.75, 3.05) is 41.4 Å². The van der Waals surface area contributed by atoms with E-state index in [1.165, 1.54) is 5.56 Å². The van der Waals surface area contributed by atoms with Crippen LogP contribution in [0.1, 0.15) is 25.8 Å². The first kappa shape index (κ1) is 22.2. The third-order valence-electron chi connectivity index (χ3n) is 5.34. The Morgan fingerprint density at radius 3 is 2.57 bits per heavy atom. The molecule has 5 nitrogen and oxygen atoms in total. The molecule has 0 aromatic heterocycles. The number of anilines is 2. The van der Waals surface area contributed by atoms with Crippen molar-refractivity contribution in [1.82, 2.24) is 0 Å². The molecule has 30 heavy (non-hydrogen) atoms. The van der Waals surface area contributed by atoms with E-state index in [2.05, 4.69) is 41.4 Å². The molecule has 0 radical (unpaired) electrons. The Labute approximate surface area is 180 Å². The van der Waals surface area contributed by atoms with E-state index in [9.17, 15) is 8.42 Å². The summed E-state index contributed by atoms with van der Waals surface area (Å²) in [5.41, 5.74) is 3.45. The average Bonchev–Trinajstić information content (AvgIpc) is 2.73. The molecule has 6 heteroatoms. The van der Waals surface area contributed by atoms with Gasteiger partial charge in [0.2, 0.25) is 0 Å². The van der Waals surface area contributed by atoms with Crippen LogP contribution in [0.4, 0.5) is 11.4 Å². The molecule has 0 spiro atoms. The SMILES string of the molecule is C/C=C/COc1ccc(CCC(C)Nc2cccc(N3CCS(=O)(=O)CC3)c2)cc1. The van der Waals surface area contributed by atoms with Crippen LogP contribution in [-0.2, 0) is 16.3 Å². The molecule has 0 aliphatic carbocycles. The second-order valence-corrected chi connectivity index (χ2v) is 10.1. The van der Waals surface area contributed by atoms with E-state index in [1.54, 1.807) is 0 Å². The highest BCUT2D eigenvalue weighted by Crippen LogP contribution is 2.22. The van der Waals surface area contributed by atoms with Gasteiger partial charge in [0.05, 0.1) is 11.5 Å². The molecule has 2 aromatic rings. The molecule has 1 N–H and O–H groups in total. The maximum Gasteiger partial charge on any atom is 0.153 e. The number of sulfone groups is 1. The number of nitrogens with one attached hydrogen (secondary N) is 1. The van der Waals surface area contributed by atoms with Crippen molar-refractivity contribution in [2.24, 2.45) is 0 Å². The van der Waals surface area contributed by atoms with Gasteiger partial charge in [-0.25, -0.2) is 8.42 Å². The highest BCUT2D eigenvalue weighted by molar-refractivity contribution is 7.91. The van der Waals surface area contributed by atoms with Crippen LogP contribution >= 0.6 is 0 Å². The van der Waals surface area contributed by atoms with Crippen LogP contribution in [0.25, 0.3) is 0 Å². The summed E-state index contributed by atoms with van der Waals surface area (Å²) in [7, 11) is -2.86. The van der Waals surface area contributed by atoms with Crippen LogP contribution in [0.5, 0.6) is 5.75 Å². The van der Waals surface area contributed by atoms with Gasteiger partial charge in [-0.15, -0.1) is 0 Å². The van der Waals surface area contributed by atoms with Crippen molar-refractivity contribution in [3.05, 3.63) is 66.2 Å². The topological polar surface area (TPSA) is 58.6 Å². The summed E-state index contributed by atoms with van der Waals surface area (Å²) in [6.45, 7) is 5.90. The minimum Gasteiger partial charge on any atom is -0.490 e. The van der Waals surface area contributed by atoms with Gasteiger partial charge in [-0.05, 0) is 62.6 Å². The van der Waals surface area contributed by atoms with Crippen molar-refractivity contribution < 1.29 is 13.2 Å². The number of aryl methyl sites for hydroxylation is 1. The second kappa shape index (κ2) is 10.5. The lowest BCUT2D eigenvalue weighted by Gasteiger charge is -2.29. The zero-order valence-corrected chi connectivity index (χ0v) is 18.7. The van der Waals surface area contributed by atoms with E-state index in [1.807, 2.05) is 43.3 Å². The minimum absolute atomic E-state index is 0.236. The van der Waals surface area contributed by atoms with E-state index < -0.39 is 9.84 Å². The minimum atomic E-state index is -2.86. The van der Waals surface area contributed by atoms with E-state index >= 15 is 0 Å². The Kier molecular flexibility index (Phi) is 7.80. The fraction of sp³-hybridized carbons (Fsp3) is 0.417. The molecule has 1 atom stereocenters. The van der Waals surface area contributed by atoms with Gasteiger partial charge in [0.1, 0.15) is 12.4 Å². The van der Waals surface area contributed by atoms with Gasteiger partial charge in [-0.2, -0.15) is 0 Å². The molecule has 0 amide bonds. The first-order chi connectivity index (χ1) is 14.4. The van der Waals surface area contributed by atoms with Crippen molar-refractivity contribution >= 4 is 21.2 Å². The largest absolute Gasteiger partial charge is 0.490 e. The van der Waals surface area contributed by atoms with Gasteiger partial charge >= 0.3 is 0 Å². The van der Waals surface area contributed by atoms with E-state index in [-0.39, 0.29) is 11.5 Å². The number of benzene rings is 2. The third-order valence-corrected chi connectivity index (χ3v) is 6.95. The van der Waals surface area contributed by atoms with Crippen molar-refractivity contribution in [1.29, 1.82) is 0 Å². The Balaban J connectivity index is 1.48. The second-order valence-electron chi connectivity index (χ2n) is 7.80. The molecule has 0 saturated carbocycles. The molecular weight excluding hydrogens is 396 g/mol. The van der Waals surface area contributed by atoms with Crippen LogP contribution in [0, 0.1) is 0 Å². The molecule has 3 rings (SSSR count). The van der Waals surface area contributed by atoms with Crippen LogP contribution in [0.15, 0.2) is 60.7 Å². The highest BCUT2D eigenvalue weighted by atomic mass is 32.2. The molecule has 162 valence electrons. The molecule has 1 saturated heterocycles. The number of nitrogens with zero attached hydrogens (tertiary/aromatic N) is 1. The molecule has 2 aromatic carbocycles. The highest BCUT2D eigenvalue weighted by Gasteiger charge is 2.21. The average molecular weight is 429 g/mol. The van der Waals surface area contributed by atoms with Crippen LogP contribution in [-0.4, -0.2) is 45.7 Å². The van der Waals surface area contributed by atoms with Crippen LogP contribution in [0.2, 0.25) is 0 Å². The number of ether oxygens (including phenoxy) is 1. The van der Waals surface area contributed by atoms with Gasteiger partial charge < -0.3 is 15.0 Å². The lowest BCUT2D eigenvalue weighted by molar-refractivity contribution is 0.362. The van der Waals surface area contributed by atoms with Gasteiger partial charge in [0.15, 0.2) is 9.84 Å². The van der Waals surface area contributed by atoms with Gasteiger partial charge in [0, 0.05) is 30.5 Å². The Hall–Kier alpha value is -2.47. The maximum atomic E-state index is 11.7. The molecule has 1 heterocycles. The molecule has 0 bridgehead atoms. The summed E-state index contributed by atoms with van der Waals surface area (Å²) in [5, 5.41) is 3.58. The normalized spacial score (nSPS) is 17.1. The fourth-order valence-corrected chi connectivity index (χ4v) is 4.70. The van der Waals surface area contributed by atoms with Crippen LogP contribution in [0.3, 0.4) is 0 Å².